The molecular weight excluding hydrogens is 442 g/mol. The summed E-state index contributed by atoms with van der Waals surface area (Å²) in [5.41, 5.74) is 0.780. The lowest BCUT2D eigenvalue weighted by molar-refractivity contribution is -0.130. The van der Waals surface area contributed by atoms with E-state index >= 15 is 0 Å². The van der Waals surface area contributed by atoms with Crippen LogP contribution in [0.4, 0.5) is 0 Å². The molecule has 1 unspecified atom stereocenters. The molecule has 7 heteroatoms. The molecule has 0 saturated heterocycles. The van der Waals surface area contributed by atoms with E-state index in [4.69, 9.17) is 4.42 Å². The fraction of sp³-hybridized carbons (Fsp3) is 0.143. The van der Waals surface area contributed by atoms with E-state index in [-0.39, 0.29) is 11.3 Å². The van der Waals surface area contributed by atoms with Crippen molar-refractivity contribution < 1.29 is 19.1 Å². The maximum Gasteiger partial charge on any atom is 0.290 e. The zero-order chi connectivity index (χ0) is 19.8. The Bertz CT molecular complexity index is 1070. The van der Waals surface area contributed by atoms with Crippen molar-refractivity contribution in [3.05, 3.63) is 91.7 Å². The summed E-state index contributed by atoms with van der Waals surface area (Å²) in [7, 11) is 0. The first-order valence-corrected chi connectivity index (χ1v) is 10.3. The summed E-state index contributed by atoms with van der Waals surface area (Å²) in [6.07, 6.45) is 0. The maximum absolute atomic E-state index is 13.1. The van der Waals surface area contributed by atoms with Gasteiger partial charge in [0.25, 0.3) is 5.91 Å². The van der Waals surface area contributed by atoms with Crippen LogP contribution in [0.5, 0.6) is 0 Å². The van der Waals surface area contributed by atoms with E-state index in [9.17, 15) is 14.7 Å². The van der Waals surface area contributed by atoms with Gasteiger partial charge in [-0.2, -0.15) is 0 Å². The first kappa shape index (κ1) is 18.7. The van der Waals surface area contributed by atoms with Crippen molar-refractivity contribution in [2.24, 2.45) is 0 Å². The number of hydrogen-bond donors (Lipinski definition) is 1. The Morgan fingerprint density at radius 1 is 1.21 bits per heavy atom. The zero-order valence-electron chi connectivity index (χ0n) is 14.9. The summed E-state index contributed by atoms with van der Waals surface area (Å²) in [5, 5.41) is 12.5. The molecule has 5 nitrogen and oxygen atoms in total. The van der Waals surface area contributed by atoms with Gasteiger partial charge in [-0.25, -0.2) is 0 Å². The molecule has 28 heavy (non-hydrogen) atoms. The average Bonchev–Trinajstić information content (AvgIpc) is 3.40. The quantitative estimate of drug-likeness (QED) is 0.535. The standard InChI is InChI=1S/C21H16BrNO4S/c1-12-4-9-16(27-12)19(24)17-18(13-5-7-14(22)8-6-13)23(21(26)20(17)25)11-15-3-2-10-28-15/h2-10,18,25H,11H2,1H3. The minimum Gasteiger partial charge on any atom is -0.503 e. The Hall–Kier alpha value is -2.64. The fourth-order valence-electron chi connectivity index (χ4n) is 3.30. The second kappa shape index (κ2) is 7.41. The molecule has 0 spiro atoms. The van der Waals surface area contributed by atoms with Crippen LogP contribution in [0.15, 0.2) is 74.1 Å². The largest absolute Gasteiger partial charge is 0.503 e. The summed E-state index contributed by atoms with van der Waals surface area (Å²) in [5.74, 6) is -0.882. The highest BCUT2D eigenvalue weighted by Gasteiger charge is 2.44. The Kier molecular flexibility index (Phi) is 4.95. The lowest BCUT2D eigenvalue weighted by atomic mass is 9.95. The molecule has 0 saturated carbocycles. The molecule has 0 fully saturated rings. The van der Waals surface area contributed by atoms with E-state index in [1.54, 1.807) is 19.1 Å². The van der Waals surface area contributed by atoms with Gasteiger partial charge < -0.3 is 14.4 Å². The van der Waals surface area contributed by atoms with Crippen LogP contribution >= 0.6 is 27.3 Å². The smallest absolute Gasteiger partial charge is 0.290 e. The van der Waals surface area contributed by atoms with Crippen LogP contribution < -0.4 is 0 Å². The van der Waals surface area contributed by atoms with Crippen molar-refractivity contribution in [1.29, 1.82) is 0 Å². The topological polar surface area (TPSA) is 70.8 Å². The summed E-state index contributed by atoms with van der Waals surface area (Å²) in [6.45, 7) is 2.04. The Morgan fingerprint density at radius 2 is 1.96 bits per heavy atom. The van der Waals surface area contributed by atoms with Gasteiger partial charge in [0, 0.05) is 9.35 Å². The second-order valence-corrected chi connectivity index (χ2v) is 8.42. The highest BCUT2D eigenvalue weighted by atomic mass is 79.9. The van der Waals surface area contributed by atoms with E-state index in [0.717, 1.165) is 14.9 Å². The van der Waals surface area contributed by atoms with Gasteiger partial charge in [0.15, 0.2) is 11.5 Å². The third kappa shape index (κ3) is 3.31. The number of furan rings is 1. The van der Waals surface area contributed by atoms with Crippen molar-refractivity contribution in [2.45, 2.75) is 19.5 Å². The van der Waals surface area contributed by atoms with Gasteiger partial charge in [-0.05, 0) is 48.2 Å². The highest BCUT2D eigenvalue weighted by molar-refractivity contribution is 9.10. The Morgan fingerprint density at radius 3 is 2.57 bits per heavy atom. The minimum absolute atomic E-state index is 0.0400. The van der Waals surface area contributed by atoms with Crippen molar-refractivity contribution in [3.8, 4) is 0 Å². The summed E-state index contributed by atoms with van der Waals surface area (Å²) < 4.78 is 6.34. The second-order valence-electron chi connectivity index (χ2n) is 6.47. The lowest BCUT2D eigenvalue weighted by Gasteiger charge is -2.26. The first-order valence-electron chi connectivity index (χ1n) is 8.59. The van der Waals surface area contributed by atoms with E-state index in [1.807, 2.05) is 41.8 Å². The summed E-state index contributed by atoms with van der Waals surface area (Å²) in [6, 6.07) is 13.7. The van der Waals surface area contributed by atoms with E-state index in [1.165, 1.54) is 16.2 Å². The SMILES string of the molecule is Cc1ccc(C(=O)C2=C(O)C(=O)N(Cc3cccs3)C2c2ccc(Br)cc2)o1. The number of ketones is 1. The van der Waals surface area contributed by atoms with Gasteiger partial charge in [-0.1, -0.05) is 34.1 Å². The van der Waals surface area contributed by atoms with Crippen LogP contribution in [-0.4, -0.2) is 21.7 Å². The molecule has 0 aliphatic carbocycles. The number of benzene rings is 1. The van der Waals surface area contributed by atoms with Gasteiger partial charge >= 0.3 is 0 Å². The van der Waals surface area contributed by atoms with Gasteiger partial charge in [0.1, 0.15) is 5.76 Å². The number of nitrogens with zero attached hydrogens (tertiary/aromatic N) is 1. The molecule has 2 aromatic heterocycles. The first-order chi connectivity index (χ1) is 13.5. The number of amides is 1. The molecule has 1 amide bonds. The summed E-state index contributed by atoms with van der Waals surface area (Å²) >= 11 is 4.92. The number of carbonyl (C=O) groups excluding carboxylic acids is 2. The van der Waals surface area contributed by atoms with E-state index in [2.05, 4.69) is 15.9 Å². The number of carbonyl (C=O) groups is 2. The van der Waals surface area contributed by atoms with Gasteiger partial charge in [0.05, 0.1) is 18.2 Å². The zero-order valence-corrected chi connectivity index (χ0v) is 17.3. The van der Waals surface area contributed by atoms with Crippen LogP contribution in [0.3, 0.4) is 0 Å². The third-order valence-electron chi connectivity index (χ3n) is 4.60. The van der Waals surface area contributed by atoms with Crippen molar-refractivity contribution in [2.75, 3.05) is 0 Å². The molecule has 1 atom stereocenters. The normalized spacial score (nSPS) is 16.9. The fourth-order valence-corrected chi connectivity index (χ4v) is 4.27. The van der Waals surface area contributed by atoms with Gasteiger partial charge in [-0.15, -0.1) is 11.3 Å². The molecule has 3 heterocycles. The Labute approximate surface area is 174 Å². The number of hydrogen-bond acceptors (Lipinski definition) is 5. The van der Waals surface area contributed by atoms with Gasteiger partial charge in [-0.3, -0.25) is 9.59 Å². The molecule has 1 aromatic carbocycles. The number of aliphatic hydroxyl groups excluding tert-OH is 1. The summed E-state index contributed by atoms with van der Waals surface area (Å²) in [4.78, 5) is 28.5. The predicted molar refractivity (Wildman–Crippen MR) is 109 cm³/mol. The molecule has 0 radical (unpaired) electrons. The third-order valence-corrected chi connectivity index (χ3v) is 5.99. The van der Waals surface area contributed by atoms with Crippen LogP contribution in [0.2, 0.25) is 0 Å². The Balaban J connectivity index is 1.80. The minimum atomic E-state index is -0.694. The molecule has 1 N–H and O–H groups in total. The maximum atomic E-state index is 13.1. The number of thiophene rings is 1. The van der Waals surface area contributed by atoms with Crippen molar-refractivity contribution in [1.82, 2.24) is 4.90 Å². The molecule has 1 aliphatic heterocycles. The van der Waals surface area contributed by atoms with Crippen LogP contribution in [0.25, 0.3) is 0 Å². The number of aliphatic hydroxyl groups is 1. The van der Waals surface area contributed by atoms with Crippen LogP contribution in [0.1, 0.15) is 32.8 Å². The number of Topliss-reactive ketones (excluding diaryl/α,β-unsaturated/α-hetero) is 1. The van der Waals surface area contributed by atoms with Crippen LogP contribution in [0, 0.1) is 6.92 Å². The highest BCUT2D eigenvalue weighted by Crippen LogP contribution is 2.40. The number of rotatable bonds is 5. The molecule has 1 aliphatic rings. The lowest BCUT2D eigenvalue weighted by Crippen LogP contribution is -2.30. The monoisotopic (exact) mass is 457 g/mol. The van der Waals surface area contributed by atoms with Crippen molar-refractivity contribution >= 4 is 39.0 Å². The molecule has 3 aromatic rings. The van der Waals surface area contributed by atoms with Crippen molar-refractivity contribution in [3.63, 3.8) is 0 Å². The van der Waals surface area contributed by atoms with Gasteiger partial charge in [0.2, 0.25) is 5.78 Å². The molecule has 4 rings (SSSR count). The number of aryl methyl sites for hydroxylation is 1. The molecular formula is C21H16BrNO4S. The predicted octanol–water partition coefficient (Wildman–Crippen LogP) is 5.19. The molecule has 0 bridgehead atoms. The number of halogens is 1. The molecule has 142 valence electrons. The average molecular weight is 458 g/mol. The van der Waals surface area contributed by atoms with E-state index < -0.39 is 23.5 Å². The van der Waals surface area contributed by atoms with Crippen LogP contribution in [-0.2, 0) is 11.3 Å². The van der Waals surface area contributed by atoms with E-state index in [0.29, 0.717) is 12.3 Å².